The molecule has 1 aromatic rings. The number of benzene rings is 1. The minimum absolute atomic E-state index is 0.149. The van der Waals surface area contributed by atoms with Crippen molar-refractivity contribution in [1.29, 1.82) is 0 Å². The molecule has 5 heteroatoms. The van der Waals surface area contributed by atoms with Gasteiger partial charge in [0.25, 0.3) is 0 Å². The smallest absolute Gasteiger partial charge is 0.163 e. The molecule has 2 unspecified atom stereocenters. The fourth-order valence-corrected chi connectivity index (χ4v) is 2.48. The Kier molecular flexibility index (Phi) is 4.27. The zero-order valence-electron chi connectivity index (χ0n) is 10.4. The summed E-state index contributed by atoms with van der Waals surface area (Å²) in [4.78, 5) is 2.05. The number of methoxy groups -OCH3 is 1. The fourth-order valence-electron chi connectivity index (χ4n) is 2.48. The van der Waals surface area contributed by atoms with Gasteiger partial charge in [-0.25, -0.2) is 8.78 Å². The molecule has 2 rings (SSSR count). The van der Waals surface area contributed by atoms with E-state index in [1.54, 1.807) is 13.2 Å². The van der Waals surface area contributed by atoms with Crippen molar-refractivity contribution in [2.75, 3.05) is 26.7 Å². The molecule has 3 nitrogen and oxygen atoms in total. The lowest BCUT2D eigenvalue weighted by molar-refractivity contribution is 0.101. The van der Waals surface area contributed by atoms with Gasteiger partial charge in [0, 0.05) is 32.3 Å². The van der Waals surface area contributed by atoms with E-state index in [-0.39, 0.29) is 18.7 Å². The molecule has 1 saturated heterocycles. The van der Waals surface area contributed by atoms with Crippen molar-refractivity contribution in [1.82, 2.24) is 4.90 Å². The normalized spacial score (nSPS) is 22.3. The molecular weight excluding hydrogens is 238 g/mol. The van der Waals surface area contributed by atoms with Gasteiger partial charge in [0.05, 0.1) is 12.1 Å². The van der Waals surface area contributed by atoms with Gasteiger partial charge < -0.3 is 10.5 Å². The van der Waals surface area contributed by atoms with Crippen LogP contribution in [0.15, 0.2) is 18.2 Å². The van der Waals surface area contributed by atoms with Crippen LogP contribution in [0, 0.1) is 11.6 Å². The summed E-state index contributed by atoms with van der Waals surface area (Å²) in [5.74, 6) is -1.62. The van der Waals surface area contributed by atoms with Gasteiger partial charge in [-0.05, 0) is 12.5 Å². The van der Waals surface area contributed by atoms with Gasteiger partial charge >= 0.3 is 0 Å². The molecule has 0 amide bonds. The summed E-state index contributed by atoms with van der Waals surface area (Å²) in [7, 11) is 1.66. The Morgan fingerprint density at radius 1 is 1.50 bits per heavy atom. The van der Waals surface area contributed by atoms with Crippen molar-refractivity contribution in [2.24, 2.45) is 5.73 Å². The third-order valence-electron chi connectivity index (χ3n) is 3.51. The van der Waals surface area contributed by atoms with Crippen LogP contribution in [-0.4, -0.2) is 37.7 Å². The lowest BCUT2D eigenvalue weighted by Gasteiger charge is -2.27. The summed E-state index contributed by atoms with van der Waals surface area (Å²) in [6, 6.07) is 3.94. The van der Waals surface area contributed by atoms with E-state index >= 15 is 0 Å². The van der Waals surface area contributed by atoms with E-state index in [0.717, 1.165) is 19.0 Å². The summed E-state index contributed by atoms with van der Waals surface area (Å²) in [5.41, 5.74) is 6.05. The van der Waals surface area contributed by atoms with E-state index in [1.165, 1.54) is 6.07 Å². The standard InChI is InChI=1S/C13H18F2N2O/c1-18-9-5-6-17(8-9)12(7-16)10-3-2-4-11(14)13(10)15/h2-4,9,12H,5-8,16H2,1H3. The Labute approximate surface area is 106 Å². The van der Waals surface area contributed by atoms with E-state index < -0.39 is 11.6 Å². The number of rotatable bonds is 4. The summed E-state index contributed by atoms with van der Waals surface area (Å²) in [5, 5.41) is 0. The second kappa shape index (κ2) is 5.73. The van der Waals surface area contributed by atoms with E-state index in [1.807, 2.05) is 4.90 Å². The van der Waals surface area contributed by atoms with Crippen molar-refractivity contribution in [2.45, 2.75) is 18.6 Å². The van der Waals surface area contributed by atoms with Crippen molar-refractivity contribution >= 4 is 0 Å². The highest BCUT2D eigenvalue weighted by atomic mass is 19.2. The van der Waals surface area contributed by atoms with Crippen LogP contribution in [0.2, 0.25) is 0 Å². The number of nitrogens with zero attached hydrogens (tertiary/aromatic N) is 1. The maximum absolute atomic E-state index is 13.8. The summed E-state index contributed by atoms with van der Waals surface area (Å²) in [6.07, 6.45) is 1.04. The van der Waals surface area contributed by atoms with Gasteiger partial charge in [-0.15, -0.1) is 0 Å². The lowest BCUT2D eigenvalue weighted by Crippen LogP contribution is -2.33. The molecule has 1 aliphatic rings. The van der Waals surface area contributed by atoms with Gasteiger partial charge in [-0.3, -0.25) is 4.90 Å². The molecule has 18 heavy (non-hydrogen) atoms. The molecular formula is C13H18F2N2O. The summed E-state index contributed by atoms with van der Waals surface area (Å²) < 4.78 is 32.3. The average molecular weight is 256 g/mol. The van der Waals surface area contributed by atoms with Crippen molar-refractivity contribution < 1.29 is 13.5 Å². The molecule has 2 N–H and O–H groups in total. The Bertz CT molecular complexity index is 414. The fraction of sp³-hybridized carbons (Fsp3) is 0.538. The zero-order valence-corrected chi connectivity index (χ0v) is 10.4. The Morgan fingerprint density at radius 3 is 2.89 bits per heavy atom. The molecule has 1 heterocycles. The van der Waals surface area contributed by atoms with E-state index in [9.17, 15) is 8.78 Å². The number of nitrogens with two attached hydrogens (primary N) is 1. The third kappa shape index (κ3) is 2.53. The quantitative estimate of drug-likeness (QED) is 0.891. The molecule has 2 atom stereocenters. The Morgan fingerprint density at radius 2 is 2.28 bits per heavy atom. The van der Waals surface area contributed by atoms with E-state index in [2.05, 4.69) is 0 Å². The van der Waals surface area contributed by atoms with Crippen LogP contribution in [0.1, 0.15) is 18.0 Å². The average Bonchev–Trinajstić information content (AvgIpc) is 2.84. The highest BCUT2D eigenvalue weighted by Gasteiger charge is 2.30. The van der Waals surface area contributed by atoms with Crippen LogP contribution in [0.25, 0.3) is 0 Å². The summed E-state index contributed by atoms with van der Waals surface area (Å²) >= 11 is 0. The molecule has 0 bridgehead atoms. The van der Waals surface area contributed by atoms with Crippen LogP contribution < -0.4 is 5.73 Å². The first-order valence-electron chi connectivity index (χ1n) is 6.08. The maximum atomic E-state index is 13.8. The minimum atomic E-state index is -0.826. The molecule has 1 fully saturated rings. The van der Waals surface area contributed by atoms with Gasteiger partial charge in [0.15, 0.2) is 11.6 Å². The topological polar surface area (TPSA) is 38.5 Å². The highest BCUT2D eigenvalue weighted by molar-refractivity contribution is 5.23. The monoisotopic (exact) mass is 256 g/mol. The minimum Gasteiger partial charge on any atom is -0.380 e. The zero-order chi connectivity index (χ0) is 13.1. The van der Waals surface area contributed by atoms with Gasteiger partial charge in [-0.1, -0.05) is 12.1 Å². The third-order valence-corrected chi connectivity index (χ3v) is 3.51. The molecule has 0 aliphatic carbocycles. The largest absolute Gasteiger partial charge is 0.380 e. The number of halogens is 2. The van der Waals surface area contributed by atoms with Crippen LogP contribution in [0.3, 0.4) is 0 Å². The van der Waals surface area contributed by atoms with Crippen LogP contribution in [0.5, 0.6) is 0 Å². The first-order valence-corrected chi connectivity index (χ1v) is 6.08. The van der Waals surface area contributed by atoms with E-state index in [4.69, 9.17) is 10.5 Å². The molecule has 1 aliphatic heterocycles. The first kappa shape index (κ1) is 13.4. The predicted molar refractivity (Wildman–Crippen MR) is 65.1 cm³/mol. The van der Waals surface area contributed by atoms with Crippen molar-refractivity contribution in [3.63, 3.8) is 0 Å². The maximum Gasteiger partial charge on any atom is 0.163 e. The Hall–Kier alpha value is -1.04. The van der Waals surface area contributed by atoms with E-state index in [0.29, 0.717) is 12.1 Å². The number of likely N-dealkylation sites (tertiary alicyclic amines) is 1. The second-order valence-electron chi connectivity index (χ2n) is 4.54. The summed E-state index contributed by atoms with van der Waals surface area (Å²) in [6.45, 7) is 1.75. The van der Waals surface area contributed by atoms with Crippen LogP contribution in [0.4, 0.5) is 8.78 Å². The molecule has 0 aromatic heterocycles. The Balaban J connectivity index is 2.21. The molecule has 0 spiro atoms. The molecule has 0 radical (unpaired) electrons. The molecule has 0 saturated carbocycles. The number of hydrogen-bond donors (Lipinski definition) is 1. The van der Waals surface area contributed by atoms with Gasteiger partial charge in [0.2, 0.25) is 0 Å². The molecule has 100 valence electrons. The molecule has 1 aromatic carbocycles. The van der Waals surface area contributed by atoms with Crippen molar-refractivity contribution in [3.05, 3.63) is 35.4 Å². The number of ether oxygens (including phenoxy) is 1. The predicted octanol–water partition coefficient (Wildman–Crippen LogP) is 1.69. The lowest BCUT2D eigenvalue weighted by atomic mass is 10.0. The van der Waals surface area contributed by atoms with Gasteiger partial charge in [0.1, 0.15) is 0 Å². The van der Waals surface area contributed by atoms with Gasteiger partial charge in [-0.2, -0.15) is 0 Å². The van der Waals surface area contributed by atoms with Crippen LogP contribution in [-0.2, 0) is 4.74 Å². The highest BCUT2D eigenvalue weighted by Crippen LogP contribution is 2.27. The second-order valence-corrected chi connectivity index (χ2v) is 4.54. The first-order chi connectivity index (χ1) is 8.67. The SMILES string of the molecule is COC1CCN(C(CN)c2cccc(F)c2F)C1. The van der Waals surface area contributed by atoms with Crippen molar-refractivity contribution in [3.8, 4) is 0 Å². The number of hydrogen-bond acceptors (Lipinski definition) is 3. The van der Waals surface area contributed by atoms with Crippen LogP contribution >= 0.6 is 0 Å².